The van der Waals surface area contributed by atoms with Crippen LogP contribution in [0.2, 0.25) is 0 Å². The van der Waals surface area contributed by atoms with Gasteiger partial charge in [-0.2, -0.15) is 12.6 Å². The van der Waals surface area contributed by atoms with Gasteiger partial charge >= 0.3 is 5.97 Å². The molecule has 0 amide bonds. The van der Waals surface area contributed by atoms with Crippen molar-refractivity contribution in [3.63, 3.8) is 0 Å². The predicted molar refractivity (Wildman–Crippen MR) is 89.5 cm³/mol. The maximum Gasteiger partial charge on any atom is 0.322 e. The van der Waals surface area contributed by atoms with Gasteiger partial charge in [-0.15, -0.1) is 0 Å². The number of aliphatic carboxylic acids is 1. The molecule has 0 aliphatic heterocycles. The Bertz CT molecular complexity index is 853. The zero-order chi connectivity index (χ0) is 15.9. The average molecular weight is 312 g/mol. The van der Waals surface area contributed by atoms with Gasteiger partial charge in [-0.05, 0) is 25.5 Å². The third-order valence-corrected chi connectivity index (χ3v) is 4.09. The van der Waals surface area contributed by atoms with Crippen molar-refractivity contribution in [3.8, 4) is 11.3 Å². The van der Waals surface area contributed by atoms with E-state index < -0.39 is 11.2 Å². The number of carboxylic acids is 1. The lowest BCUT2D eigenvalue weighted by Crippen LogP contribution is -2.09. The highest BCUT2D eigenvalue weighted by Gasteiger charge is 2.25. The molecule has 0 bridgehead atoms. The summed E-state index contributed by atoms with van der Waals surface area (Å²) < 4.78 is 1.82. The summed E-state index contributed by atoms with van der Waals surface area (Å²) in [6.45, 7) is 3.97. The normalized spacial score (nSPS) is 12.5. The highest BCUT2D eigenvalue weighted by molar-refractivity contribution is 7.81. The number of thiol groups is 1. The van der Waals surface area contributed by atoms with Crippen molar-refractivity contribution in [3.05, 3.63) is 59.4 Å². The van der Waals surface area contributed by atoms with Crippen molar-refractivity contribution in [1.29, 1.82) is 0 Å². The van der Waals surface area contributed by atoms with Crippen molar-refractivity contribution in [1.82, 2.24) is 9.38 Å². The maximum atomic E-state index is 11.4. The van der Waals surface area contributed by atoms with Gasteiger partial charge in [-0.3, -0.25) is 4.79 Å². The van der Waals surface area contributed by atoms with Gasteiger partial charge in [0.25, 0.3) is 0 Å². The van der Waals surface area contributed by atoms with Crippen molar-refractivity contribution < 1.29 is 9.90 Å². The van der Waals surface area contributed by atoms with Gasteiger partial charge in [0.2, 0.25) is 0 Å². The van der Waals surface area contributed by atoms with E-state index >= 15 is 0 Å². The fraction of sp³-hybridized carbons (Fsp3) is 0.176. The van der Waals surface area contributed by atoms with Crippen LogP contribution in [0.1, 0.15) is 22.1 Å². The van der Waals surface area contributed by atoms with Crippen LogP contribution >= 0.6 is 12.6 Å². The van der Waals surface area contributed by atoms with Gasteiger partial charge in [0, 0.05) is 11.8 Å². The first-order chi connectivity index (χ1) is 10.5. The van der Waals surface area contributed by atoms with E-state index in [4.69, 9.17) is 0 Å². The zero-order valence-electron chi connectivity index (χ0n) is 12.3. The maximum absolute atomic E-state index is 11.4. The topological polar surface area (TPSA) is 54.6 Å². The lowest BCUT2D eigenvalue weighted by atomic mass is 10.1. The van der Waals surface area contributed by atoms with E-state index in [9.17, 15) is 9.90 Å². The number of nitrogens with zero attached hydrogens (tertiary/aromatic N) is 2. The molecule has 0 radical (unpaired) electrons. The molecule has 2 heterocycles. The van der Waals surface area contributed by atoms with Gasteiger partial charge in [-0.1, -0.05) is 35.9 Å². The molecule has 0 aliphatic rings. The van der Waals surface area contributed by atoms with Gasteiger partial charge < -0.3 is 9.51 Å². The third kappa shape index (κ3) is 2.48. The third-order valence-electron chi connectivity index (χ3n) is 3.62. The molecule has 0 saturated heterocycles. The molecule has 0 fully saturated rings. The first kappa shape index (κ1) is 14.7. The number of aromatic nitrogens is 2. The average Bonchev–Trinajstić information content (AvgIpc) is 2.85. The van der Waals surface area contributed by atoms with Crippen molar-refractivity contribution >= 4 is 24.2 Å². The second kappa shape index (κ2) is 5.50. The summed E-state index contributed by atoms with van der Waals surface area (Å²) >= 11 is 4.27. The smallest absolute Gasteiger partial charge is 0.322 e. The number of hydrogen-bond donors (Lipinski definition) is 2. The Labute approximate surface area is 133 Å². The van der Waals surface area contributed by atoms with Crippen LogP contribution in [0.4, 0.5) is 0 Å². The molecule has 0 aliphatic carbocycles. The molecule has 4 nitrogen and oxygen atoms in total. The number of hydrogen-bond acceptors (Lipinski definition) is 3. The molecule has 1 N–H and O–H groups in total. The van der Waals surface area contributed by atoms with E-state index in [-0.39, 0.29) is 0 Å². The number of carboxylic acid groups (broad SMARTS) is 1. The van der Waals surface area contributed by atoms with Gasteiger partial charge in [-0.25, -0.2) is 4.98 Å². The molecular formula is C17H16N2O2S. The molecule has 1 atom stereocenters. The van der Waals surface area contributed by atoms with E-state index in [0.29, 0.717) is 11.4 Å². The van der Waals surface area contributed by atoms with Crippen LogP contribution in [0.25, 0.3) is 16.9 Å². The Morgan fingerprint density at radius 3 is 2.41 bits per heavy atom. The summed E-state index contributed by atoms with van der Waals surface area (Å²) in [4.78, 5) is 16.1. The van der Waals surface area contributed by atoms with E-state index in [1.165, 1.54) is 0 Å². The number of carbonyl (C=O) groups is 1. The summed E-state index contributed by atoms with van der Waals surface area (Å²) in [5.74, 6) is -0.986. The van der Waals surface area contributed by atoms with E-state index in [1.807, 2.05) is 60.8 Å². The van der Waals surface area contributed by atoms with E-state index in [0.717, 1.165) is 22.3 Å². The fourth-order valence-corrected chi connectivity index (χ4v) is 2.72. The number of aryl methyl sites for hydroxylation is 2. The number of rotatable bonds is 3. The summed E-state index contributed by atoms with van der Waals surface area (Å²) in [7, 11) is 0. The number of benzene rings is 1. The molecular weight excluding hydrogens is 296 g/mol. The molecule has 1 unspecified atom stereocenters. The molecule has 0 spiro atoms. The first-order valence-electron chi connectivity index (χ1n) is 6.94. The van der Waals surface area contributed by atoms with Gasteiger partial charge in [0.05, 0.1) is 11.4 Å². The van der Waals surface area contributed by atoms with Crippen LogP contribution in [0.15, 0.2) is 42.6 Å². The van der Waals surface area contributed by atoms with Gasteiger partial charge in [0.15, 0.2) is 0 Å². The molecule has 112 valence electrons. The van der Waals surface area contributed by atoms with Crippen LogP contribution in [-0.2, 0) is 4.79 Å². The molecule has 3 rings (SSSR count). The van der Waals surface area contributed by atoms with E-state index in [1.54, 1.807) is 0 Å². The van der Waals surface area contributed by atoms with Crippen LogP contribution in [0, 0.1) is 13.8 Å². The fourth-order valence-electron chi connectivity index (χ4n) is 2.47. The first-order valence-corrected chi connectivity index (χ1v) is 7.45. The SMILES string of the molecule is Cc1ccc(-c2nc3ccc(C)cn3c2C(S)C(=O)O)cc1. The number of pyridine rings is 1. The summed E-state index contributed by atoms with van der Waals surface area (Å²) in [6.07, 6.45) is 1.89. The van der Waals surface area contributed by atoms with Crippen LogP contribution in [0.3, 0.4) is 0 Å². The van der Waals surface area contributed by atoms with E-state index in [2.05, 4.69) is 17.6 Å². The zero-order valence-corrected chi connectivity index (χ0v) is 13.2. The monoisotopic (exact) mass is 312 g/mol. The minimum atomic E-state index is -0.986. The Morgan fingerprint density at radius 2 is 1.77 bits per heavy atom. The Hall–Kier alpha value is -2.27. The molecule has 3 aromatic rings. The quantitative estimate of drug-likeness (QED) is 0.726. The highest BCUT2D eigenvalue weighted by Crippen LogP contribution is 2.32. The second-order valence-corrected chi connectivity index (χ2v) is 5.90. The number of imidazole rings is 1. The van der Waals surface area contributed by atoms with Crippen LogP contribution < -0.4 is 0 Å². The Kier molecular flexibility index (Phi) is 3.66. The lowest BCUT2D eigenvalue weighted by Gasteiger charge is -2.09. The molecule has 1 aromatic carbocycles. The number of fused-ring (bicyclic) bond motifs is 1. The predicted octanol–water partition coefficient (Wildman–Crippen LogP) is 3.67. The molecule has 22 heavy (non-hydrogen) atoms. The summed E-state index contributed by atoms with van der Waals surface area (Å²) in [5, 5.41) is 8.44. The van der Waals surface area contributed by atoms with Crippen LogP contribution in [-0.4, -0.2) is 20.5 Å². The standard InChI is InChI=1S/C17H16N2O2S/c1-10-3-6-12(7-4-10)14-15(16(22)17(20)21)19-9-11(2)5-8-13(19)18-14/h3-9,16,22H,1-2H3,(H,20,21). The second-order valence-electron chi connectivity index (χ2n) is 5.39. The molecule has 0 saturated carbocycles. The van der Waals surface area contributed by atoms with Crippen molar-refractivity contribution in [2.75, 3.05) is 0 Å². The van der Waals surface area contributed by atoms with Gasteiger partial charge in [0.1, 0.15) is 10.9 Å². The Morgan fingerprint density at radius 1 is 1.14 bits per heavy atom. The summed E-state index contributed by atoms with van der Waals surface area (Å²) in [5.41, 5.74) is 5.03. The van der Waals surface area contributed by atoms with Crippen molar-refractivity contribution in [2.45, 2.75) is 19.1 Å². The van der Waals surface area contributed by atoms with Crippen LogP contribution in [0.5, 0.6) is 0 Å². The lowest BCUT2D eigenvalue weighted by molar-refractivity contribution is -0.136. The largest absolute Gasteiger partial charge is 0.480 e. The minimum Gasteiger partial charge on any atom is -0.480 e. The van der Waals surface area contributed by atoms with Crippen molar-refractivity contribution in [2.24, 2.45) is 0 Å². The minimum absolute atomic E-state index is 0.582. The molecule has 2 aromatic heterocycles. The summed E-state index contributed by atoms with van der Waals surface area (Å²) in [6, 6.07) is 11.7. The molecule has 5 heteroatoms. The Balaban J connectivity index is 2.31. The highest BCUT2D eigenvalue weighted by atomic mass is 32.1.